The Morgan fingerprint density at radius 1 is 1.28 bits per heavy atom. The van der Waals surface area contributed by atoms with E-state index in [2.05, 4.69) is 26.3 Å². The molecule has 1 heterocycles. The second kappa shape index (κ2) is 8.48. The highest BCUT2D eigenvalue weighted by Gasteiger charge is 2.40. The number of nitrogens with zero attached hydrogens (tertiary/aromatic N) is 2. The summed E-state index contributed by atoms with van der Waals surface area (Å²) >= 11 is 9.56. The minimum absolute atomic E-state index is 0.0345. The van der Waals surface area contributed by atoms with Gasteiger partial charge in [-0.3, -0.25) is 4.79 Å². The fourth-order valence-corrected chi connectivity index (χ4v) is 4.27. The van der Waals surface area contributed by atoms with E-state index in [1.54, 1.807) is 6.07 Å². The Morgan fingerprint density at radius 2 is 1.97 bits per heavy atom. The highest BCUT2D eigenvalue weighted by molar-refractivity contribution is 9.10. The number of hydrogen-bond donors (Lipinski definition) is 1. The molecule has 1 fully saturated rings. The van der Waals surface area contributed by atoms with E-state index in [1.165, 1.54) is 10.7 Å². The van der Waals surface area contributed by atoms with Crippen molar-refractivity contribution in [3.63, 3.8) is 0 Å². The molecule has 1 N–H and O–H groups in total. The first kappa shape index (κ1) is 21.8. The van der Waals surface area contributed by atoms with Gasteiger partial charge in [-0.15, -0.1) is 0 Å². The number of ether oxygens (including phenoxy) is 1. The molecule has 2 aromatic rings. The van der Waals surface area contributed by atoms with E-state index in [1.807, 2.05) is 45.0 Å². The van der Waals surface area contributed by atoms with Crippen LogP contribution in [0.4, 0.5) is 4.79 Å². The molecule has 3 rings (SSSR count). The summed E-state index contributed by atoms with van der Waals surface area (Å²) in [5.74, 6) is 0. The first-order valence-corrected chi connectivity index (χ1v) is 10.8. The van der Waals surface area contributed by atoms with Crippen LogP contribution in [-0.4, -0.2) is 21.5 Å². The number of hydrogen-bond acceptors (Lipinski definition) is 4. The molecule has 1 aliphatic carbocycles. The summed E-state index contributed by atoms with van der Waals surface area (Å²) in [4.78, 5) is 24.9. The van der Waals surface area contributed by atoms with E-state index in [4.69, 9.17) is 16.3 Å². The van der Waals surface area contributed by atoms with Crippen LogP contribution in [0.3, 0.4) is 0 Å². The Kier molecular flexibility index (Phi) is 6.39. The van der Waals surface area contributed by atoms with Crippen LogP contribution >= 0.6 is 27.5 Å². The molecule has 0 spiro atoms. The minimum atomic E-state index is -0.612. The predicted molar refractivity (Wildman–Crippen MR) is 116 cm³/mol. The lowest BCUT2D eigenvalue weighted by Crippen LogP contribution is -2.50. The lowest BCUT2D eigenvalue weighted by Gasteiger charge is -2.41. The maximum Gasteiger partial charge on any atom is 0.408 e. The van der Waals surface area contributed by atoms with Crippen molar-refractivity contribution < 1.29 is 9.53 Å². The van der Waals surface area contributed by atoms with Crippen molar-refractivity contribution in [3.8, 4) is 0 Å². The summed E-state index contributed by atoms with van der Waals surface area (Å²) in [6.45, 7) is 5.50. The molecule has 0 unspecified atom stereocenters. The third-order valence-corrected chi connectivity index (χ3v) is 5.72. The molecule has 1 saturated carbocycles. The molecule has 0 radical (unpaired) electrons. The smallest absolute Gasteiger partial charge is 0.408 e. The fraction of sp³-hybridized carbons (Fsp3) is 0.476. The maximum absolute atomic E-state index is 12.6. The quantitative estimate of drug-likeness (QED) is 0.653. The van der Waals surface area contributed by atoms with Crippen molar-refractivity contribution in [1.29, 1.82) is 0 Å². The van der Waals surface area contributed by atoms with Crippen LogP contribution in [0.5, 0.6) is 0 Å². The van der Waals surface area contributed by atoms with Crippen LogP contribution in [0.1, 0.15) is 58.1 Å². The van der Waals surface area contributed by atoms with Crippen LogP contribution in [0.15, 0.2) is 45.8 Å². The van der Waals surface area contributed by atoms with Gasteiger partial charge in [-0.2, -0.15) is 5.10 Å². The maximum atomic E-state index is 12.6. The molecule has 1 aromatic heterocycles. The van der Waals surface area contributed by atoms with Crippen LogP contribution in [0, 0.1) is 0 Å². The van der Waals surface area contributed by atoms with Crippen molar-refractivity contribution >= 4 is 33.6 Å². The molecular weight excluding hydrogens is 458 g/mol. The molecule has 6 nitrogen and oxygen atoms in total. The van der Waals surface area contributed by atoms with Crippen LogP contribution in [-0.2, 0) is 10.3 Å². The number of alkyl carbamates (subject to hydrolysis) is 1. The summed E-state index contributed by atoms with van der Waals surface area (Å²) in [5.41, 5.74) is -0.401. The number of nitrogens with one attached hydrogen (secondary N) is 1. The van der Waals surface area contributed by atoms with E-state index in [-0.39, 0.29) is 11.6 Å². The first-order valence-electron chi connectivity index (χ1n) is 9.61. The molecule has 156 valence electrons. The summed E-state index contributed by atoms with van der Waals surface area (Å²) in [6.07, 6.45) is 2.18. The van der Waals surface area contributed by atoms with Gasteiger partial charge in [0.2, 0.25) is 0 Å². The van der Waals surface area contributed by atoms with Gasteiger partial charge >= 0.3 is 6.09 Å². The zero-order valence-electron chi connectivity index (χ0n) is 16.7. The molecule has 0 atom stereocenters. The summed E-state index contributed by atoms with van der Waals surface area (Å²) in [7, 11) is 0. The number of aromatic nitrogens is 2. The van der Waals surface area contributed by atoms with Gasteiger partial charge in [0.1, 0.15) is 10.2 Å². The van der Waals surface area contributed by atoms with Crippen LogP contribution in [0.2, 0.25) is 5.02 Å². The Labute approximate surface area is 183 Å². The fourth-order valence-electron chi connectivity index (χ4n) is 3.77. The normalized spacial score (nSPS) is 22.2. The molecule has 1 amide bonds. The third kappa shape index (κ3) is 5.39. The molecule has 1 aromatic carbocycles. The average molecular weight is 483 g/mol. The average Bonchev–Trinajstić information content (AvgIpc) is 2.63. The van der Waals surface area contributed by atoms with Gasteiger partial charge in [-0.05, 0) is 86.1 Å². The summed E-state index contributed by atoms with van der Waals surface area (Å²) in [6, 6.07) is 10.6. The van der Waals surface area contributed by atoms with Crippen LogP contribution in [0.25, 0.3) is 0 Å². The van der Waals surface area contributed by atoms with E-state index in [0.717, 1.165) is 5.56 Å². The van der Waals surface area contributed by atoms with Crippen molar-refractivity contribution in [2.75, 3.05) is 0 Å². The Balaban J connectivity index is 1.87. The van der Waals surface area contributed by atoms with E-state index in [0.29, 0.717) is 35.3 Å². The Bertz CT molecular complexity index is 947. The number of rotatable bonds is 3. The third-order valence-electron chi connectivity index (χ3n) is 5.06. The van der Waals surface area contributed by atoms with E-state index < -0.39 is 17.2 Å². The van der Waals surface area contributed by atoms with Crippen molar-refractivity contribution in [2.24, 2.45) is 0 Å². The zero-order valence-corrected chi connectivity index (χ0v) is 19.1. The molecule has 0 bridgehead atoms. The molecule has 29 heavy (non-hydrogen) atoms. The molecule has 1 aliphatic rings. The van der Waals surface area contributed by atoms with Gasteiger partial charge in [0, 0.05) is 11.1 Å². The zero-order chi connectivity index (χ0) is 21.2. The second-order valence-electron chi connectivity index (χ2n) is 8.39. The van der Waals surface area contributed by atoms with Gasteiger partial charge in [0.15, 0.2) is 0 Å². The lowest BCUT2D eigenvalue weighted by atomic mass is 9.75. The largest absolute Gasteiger partial charge is 0.444 e. The second-order valence-corrected chi connectivity index (χ2v) is 9.64. The van der Waals surface area contributed by atoms with Gasteiger partial charge < -0.3 is 10.1 Å². The van der Waals surface area contributed by atoms with Gasteiger partial charge in [-0.1, -0.05) is 23.7 Å². The van der Waals surface area contributed by atoms with E-state index >= 15 is 0 Å². The van der Waals surface area contributed by atoms with Gasteiger partial charge in [0.05, 0.1) is 11.6 Å². The standard InChI is InChI=1S/C21H25BrClN3O3/c1-20(2,3)29-19(28)24-21(14-5-4-6-15(23)13-14)11-9-16(10-12-21)26-18(27)8-7-17(22)25-26/h4-8,13,16H,9-12H2,1-3H3,(H,24,28). The number of carbonyl (C=O) groups excluding carboxylic acids is 1. The molecule has 0 saturated heterocycles. The monoisotopic (exact) mass is 481 g/mol. The molecular formula is C21H25BrClN3O3. The van der Waals surface area contributed by atoms with Crippen molar-refractivity contribution in [2.45, 2.75) is 63.6 Å². The summed E-state index contributed by atoms with van der Waals surface area (Å²) < 4.78 is 7.65. The highest BCUT2D eigenvalue weighted by atomic mass is 79.9. The lowest BCUT2D eigenvalue weighted by molar-refractivity contribution is 0.0402. The number of carbonyl (C=O) groups is 1. The first-order chi connectivity index (χ1) is 13.6. The molecule has 0 aliphatic heterocycles. The predicted octanol–water partition coefficient (Wildman–Crippen LogP) is 5.19. The van der Waals surface area contributed by atoms with Gasteiger partial charge in [-0.25, -0.2) is 9.48 Å². The van der Waals surface area contributed by atoms with Crippen molar-refractivity contribution in [3.05, 3.63) is 61.9 Å². The Morgan fingerprint density at radius 3 is 2.59 bits per heavy atom. The SMILES string of the molecule is CC(C)(C)OC(=O)NC1(c2cccc(Cl)c2)CCC(n2nc(Br)ccc2=O)CC1. The molecule has 8 heteroatoms. The van der Waals surface area contributed by atoms with Crippen LogP contribution < -0.4 is 10.9 Å². The summed E-state index contributed by atoms with van der Waals surface area (Å²) in [5, 5.41) is 8.03. The number of amides is 1. The topological polar surface area (TPSA) is 73.2 Å². The number of halogens is 2. The minimum Gasteiger partial charge on any atom is -0.444 e. The Hall–Kier alpha value is -1.86. The van der Waals surface area contributed by atoms with Gasteiger partial charge in [0.25, 0.3) is 5.56 Å². The highest BCUT2D eigenvalue weighted by Crippen LogP contribution is 2.41. The number of benzene rings is 1. The van der Waals surface area contributed by atoms with Crippen molar-refractivity contribution in [1.82, 2.24) is 15.1 Å². The van der Waals surface area contributed by atoms with E-state index in [9.17, 15) is 9.59 Å².